The van der Waals surface area contributed by atoms with Crippen LogP contribution < -0.4 is 11.1 Å². The van der Waals surface area contributed by atoms with Crippen molar-refractivity contribution in [3.8, 4) is 0 Å². The van der Waals surface area contributed by atoms with E-state index in [9.17, 15) is 9.59 Å². The highest BCUT2D eigenvalue weighted by Crippen LogP contribution is 2.20. The summed E-state index contributed by atoms with van der Waals surface area (Å²) in [6, 6.07) is 9.58. The summed E-state index contributed by atoms with van der Waals surface area (Å²) >= 11 is 0. The number of carbonyl (C=O) groups excluding carboxylic acids is 2. The quantitative estimate of drug-likeness (QED) is 0.730. The molecule has 0 saturated carbocycles. The first-order chi connectivity index (χ1) is 9.99. The molecule has 4 heteroatoms. The van der Waals surface area contributed by atoms with Crippen molar-refractivity contribution >= 4 is 11.7 Å². The van der Waals surface area contributed by atoms with Gasteiger partial charge < -0.3 is 11.1 Å². The molecule has 1 aromatic carbocycles. The van der Waals surface area contributed by atoms with Gasteiger partial charge >= 0.3 is 0 Å². The third kappa shape index (κ3) is 5.31. The first-order valence-electron chi connectivity index (χ1n) is 7.52. The Labute approximate surface area is 127 Å². The Morgan fingerprint density at radius 3 is 2.33 bits per heavy atom. The van der Waals surface area contributed by atoms with Crippen LogP contribution in [0.2, 0.25) is 0 Å². The Hall–Kier alpha value is -1.68. The molecule has 0 aliphatic heterocycles. The van der Waals surface area contributed by atoms with Crippen molar-refractivity contribution in [3.63, 3.8) is 0 Å². The SMILES string of the molecule is CC[C@H](C)[C@H](CC(=O)[C@H](Cc1ccccc1)NC)C(N)=O. The van der Waals surface area contributed by atoms with Gasteiger partial charge in [-0.05, 0) is 24.9 Å². The lowest BCUT2D eigenvalue weighted by atomic mass is 9.85. The number of Topliss-reactive ketones (excluding diaryl/α,β-unsaturated/α-hetero) is 1. The number of ketones is 1. The van der Waals surface area contributed by atoms with Crippen LogP contribution >= 0.6 is 0 Å². The molecule has 1 aromatic rings. The summed E-state index contributed by atoms with van der Waals surface area (Å²) < 4.78 is 0. The van der Waals surface area contributed by atoms with Gasteiger partial charge in [0.2, 0.25) is 5.91 Å². The number of nitrogens with two attached hydrogens (primary N) is 1. The maximum atomic E-state index is 12.4. The average molecular weight is 290 g/mol. The molecule has 0 aromatic heterocycles. The zero-order valence-corrected chi connectivity index (χ0v) is 13.1. The highest BCUT2D eigenvalue weighted by Gasteiger charge is 2.27. The number of nitrogens with one attached hydrogen (secondary N) is 1. The summed E-state index contributed by atoms with van der Waals surface area (Å²) in [5, 5.41) is 3.05. The molecule has 0 heterocycles. The van der Waals surface area contributed by atoms with Gasteiger partial charge in [-0.2, -0.15) is 0 Å². The molecule has 116 valence electrons. The van der Waals surface area contributed by atoms with Crippen molar-refractivity contribution in [2.45, 2.75) is 39.2 Å². The van der Waals surface area contributed by atoms with E-state index in [-0.39, 0.29) is 36.0 Å². The van der Waals surface area contributed by atoms with E-state index in [0.29, 0.717) is 6.42 Å². The van der Waals surface area contributed by atoms with Crippen LogP contribution in [0.25, 0.3) is 0 Å². The van der Waals surface area contributed by atoms with E-state index in [1.165, 1.54) is 0 Å². The van der Waals surface area contributed by atoms with Gasteiger partial charge in [0.15, 0.2) is 5.78 Å². The van der Waals surface area contributed by atoms with Gasteiger partial charge in [0, 0.05) is 12.3 Å². The molecule has 0 radical (unpaired) electrons. The molecule has 1 rings (SSSR count). The predicted octanol–water partition coefficient (Wildman–Crippen LogP) is 1.92. The highest BCUT2D eigenvalue weighted by molar-refractivity contribution is 5.89. The van der Waals surface area contributed by atoms with Crippen molar-refractivity contribution in [2.24, 2.45) is 17.6 Å². The van der Waals surface area contributed by atoms with Crippen LogP contribution in [0.5, 0.6) is 0 Å². The molecule has 0 unspecified atom stereocenters. The van der Waals surface area contributed by atoms with E-state index in [1.807, 2.05) is 44.2 Å². The Balaban J connectivity index is 2.72. The van der Waals surface area contributed by atoms with Crippen LogP contribution in [0.4, 0.5) is 0 Å². The van der Waals surface area contributed by atoms with E-state index in [4.69, 9.17) is 5.73 Å². The number of amides is 1. The molecule has 0 aliphatic carbocycles. The number of benzene rings is 1. The monoisotopic (exact) mass is 290 g/mol. The Kier molecular flexibility index (Phi) is 7.09. The van der Waals surface area contributed by atoms with Crippen molar-refractivity contribution in [1.29, 1.82) is 0 Å². The molecule has 0 spiro atoms. The van der Waals surface area contributed by atoms with Crippen LogP contribution in [-0.4, -0.2) is 24.8 Å². The first-order valence-corrected chi connectivity index (χ1v) is 7.52. The normalized spacial score (nSPS) is 15.2. The fourth-order valence-electron chi connectivity index (χ4n) is 2.45. The lowest BCUT2D eigenvalue weighted by molar-refractivity contribution is -0.129. The molecule has 0 bridgehead atoms. The molecular formula is C17H26N2O2. The summed E-state index contributed by atoms with van der Waals surface area (Å²) in [6.45, 7) is 3.97. The fourth-order valence-corrected chi connectivity index (χ4v) is 2.45. The summed E-state index contributed by atoms with van der Waals surface area (Å²) in [5.41, 5.74) is 6.55. The van der Waals surface area contributed by atoms with Gasteiger partial charge in [-0.1, -0.05) is 50.6 Å². The number of rotatable bonds is 9. The molecule has 0 aliphatic rings. The van der Waals surface area contributed by atoms with E-state index < -0.39 is 0 Å². The number of hydrogen-bond donors (Lipinski definition) is 2. The molecule has 3 atom stereocenters. The van der Waals surface area contributed by atoms with Crippen molar-refractivity contribution in [1.82, 2.24) is 5.32 Å². The zero-order chi connectivity index (χ0) is 15.8. The smallest absolute Gasteiger partial charge is 0.221 e. The van der Waals surface area contributed by atoms with Gasteiger partial charge in [-0.15, -0.1) is 0 Å². The van der Waals surface area contributed by atoms with Gasteiger partial charge in [0.05, 0.1) is 6.04 Å². The minimum Gasteiger partial charge on any atom is -0.369 e. The summed E-state index contributed by atoms with van der Waals surface area (Å²) in [7, 11) is 1.77. The van der Waals surface area contributed by atoms with Crippen LogP contribution in [0, 0.1) is 11.8 Å². The second-order valence-electron chi connectivity index (χ2n) is 5.60. The number of hydrogen-bond acceptors (Lipinski definition) is 3. The maximum Gasteiger partial charge on any atom is 0.221 e. The lowest BCUT2D eigenvalue weighted by Crippen LogP contribution is -2.40. The highest BCUT2D eigenvalue weighted by atomic mass is 16.1. The fraction of sp³-hybridized carbons (Fsp3) is 0.529. The van der Waals surface area contributed by atoms with Gasteiger partial charge in [-0.3, -0.25) is 9.59 Å². The van der Waals surface area contributed by atoms with Crippen LogP contribution in [-0.2, 0) is 16.0 Å². The zero-order valence-electron chi connectivity index (χ0n) is 13.1. The van der Waals surface area contributed by atoms with E-state index in [2.05, 4.69) is 5.32 Å². The average Bonchev–Trinajstić information content (AvgIpc) is 2.49. The van der Waals surface area contributed by atoms with Crippen molar-refractivity contribution in [3.05, 3.63) is 35.9 Å². The van der Waals surface area contributed by atoms with Crippen molar-refractivity contribution in [2.75, 3.05) is 7.05 Å². The summed E-state index contributed by atoms with van der Waals surface area (Å²) in [4.78, 5) is 24.0. The van der Waals surface area contributed by atoms with Crippen molar-refractivity contribution < 1.29 is 9.59 Å². The second-order valence-corrected chi connectivity index (χ2v) is 5.60. The van der Waals surface area contributed by atoms with Gasteiger partial charge in [-0.25, -0.2) is 0 Å². The number of likely N-dealkylation sites (N-methyl/N-ethyl adjacent to an activating group) is 1. The third-order valence-corrected chi connectivity index (χ3v) is 4.14. The molecule has 0 saturated heterocycles. The van der Waals surface area contributed by atoms with Crippen LogP contribution in [0.1, 0.15) is 32.3 Å². The summed E-state index contributed by atoms with van der Waals surface area (Å²) in [6.07, 6.45) is 1.68. The third-order valence-electron chi connectivity index (χ3n) is 4.14. The van der Waals surface area contributed by atoms with Gasteiger partial charge in [0.25, 0.3) is 0 Å². The Morgan fingerprint density at radius 2 is 1.86 bits per heavy atom. The minimum absolute atomic E-state index is 0.0467. The predicted molar refractivity (Wildman–Crippen MR) is 84.8 cm³/mol. The van der Waals surface area contributed by atoms with Crippen LogP contribution in [0.3, 0.4) is 0 Å². The summed E-state index contributed by atoms with van der Waals surface area (Å²) in [5.74, 6) is -0.590. The maximum absolute atomic E-state index is 12.4. The van der Waals surface area contributed by atoms with E-state index in [1.54, 1.807) is 7.05 Å². The largest absolute Gasteiger partial charge is 0.369 e. The second kappa shape index (κ2) is 8.57. The number of carbonyl (C=O) groups is 2. The standard InChI is InChI=1S/C17H26N2O2/c1-4-12(2)14(17(18)21)11-16(20)15(19-3)10-13-8-6-5-7-9-13/h5-9,12,14-15,19H,4,10-11H2,1-3H3,(H2,18,21)/t12-,14-,15-/m0/s1. The van der Waals surface area contributed by atoms with E-state index in [0.717, 1.165) is 12.0 Å². The first kappa shape index (κ1) is 17.4. The topological polar surface area (TPSA) is 72.2 Å². The molecule has 0 fully saturated rings. The molecule has 3 N–H and O–H groups in total. The lowest BCUT2D eigenvalue weighted by Gasteiger charge is -2.22. The van der Waals surface area contributed by atoms with E-state index >= 15 is 0 Å². The molecule has 1 amide bonds. The number of primary amides is 1. The van der Waals surface area contributed by atoms with Gasteiger partial charge in [0.1, 0.15) is 0 Å². The Bertz CT molecular complexity index is 459. The van der Waals surface area contributed by atoms with Crippen LogP contribution in [0.15, 0.2) is 30.3 Å². The molecule has 4 nitrogen and oxygen atoms in total. The molecular weight excluding hydrogens is 264 g/mol. The minimum atomic E-state index is -0.382. The molecule has 21 heavy (non-hydrogen) atoms. The Morgan fingerprint density at radius 1 is 1.24 bits per heavy atom.